The topological polar surface area (TPSA) is 0 Å². The lowest BCUT2D eigenvalue weighted by Crippen LogP contribution is -2.05. The van der Waals surface area contributed by atoms with Crippen molar-refractivity contribution in [2.45, 2.75) is 78.1 Å². The number of unbranched alkanes of at least 4 members (excludes halogenated alkanes) is 3. The Morgan fingerprint density at radius 1 is 0.952 bits per heavy atom. The fourth-order valence-corrected chi connectivity index (χ4v) is 3.36. The van der Waals surface area contributed by atoms with Crippen LogP contribution >= 0.6 is 0 Å². The van der Waals surface area contributed by atoms with E-state index in [1.807, 2.05) is 0 Å². The second-order valence-corrected chi connectivity index (χ2v) is 6.67. The zero-order chi connectivity index (χ0) is 14.9. The molecule has 0 saturated carbocycles. The highest BCUT2D eigenvalue weighted by molar-refractivity contribution is 5.66. The van der Waals surface area contributed by atoms with Gasteiger partial charge in [-0.1, -0.05) is 76.3 Å². The molecule has 21 heavy (non-hydrogen) atoms. The highest BCUT2D eigenvalue weighted by Crippen LogP contribution is 2.32. The molecule has 2 rings (SSSR count). The Kier molecular flexibility index (Phi) is 7.06. The molecule has 0 fully saturated rings. The second-order valence-electron chi connectivity index (χ2n) is 6.67. The summed E-state index contributed by atoms with van der Waals surface area (Å²) in [5.41, 5.74) is 4.54. The number of aryl methyl sites for hydroxylation is 1. The van der Waals surface area contributed by atoms with Crippen LogP contribution in [0.15, 0.2) is 30.3 Å². The average Bonchev–Trinajstić information content (AvgIpc) is 2.54. The van der Waals surface area contributed by atoms with Crippen LogP contribution in [0.4, 0.5) is 0 Å². The van der Waals surface area contributed by atoms with Gasteiger partial charge >= 0.3 is 0 Å². The summed E-state index contributed by atoms with van der Waals surface area (Å²) < 4.78 is 0. The number of rotatable bonds is 8. The van der Waals surface area contributed by atoms with E-state index in [9.17, 15) is 0 Å². The maximum absolute atomic E-state index is 2.52. The first kappa shape index (κ1) is 16.3. The van der Waals surface area contributed by atoms with Crippen molar-refractivity contribution < 1.29 is 0 Å². The van der Waals surface area contributed by atoms with E-state index in [1.54, 1.807) is 5.57 Å². The van der Waals surface area contributed by atoms with Crippen molar-refractivity contribution in [1.82, 2.24) is 0 Å². The van der Waals surface area contributed by atoms with Crippen molar-refractivity contribution in [1.29, 1.82) is 0 Å². The third-order valence-electron chi connectivity index (χ3n) is 4.88. The lowest BCUT2D eigenvalue weighted by atomic mass is 9.84. The summed E-state index contributed by atoms with van der Waals surface area (Å²) in [6.07, 6.45) is 15.9. The highest BCUT2D eigenvalue weighted by Gasteiger charge is 2.14. The number of hydrogen-bond donors (Lipinski definition) is 0. The van der Waals surface area contributed by atoms with Crippen molar-refractivity contribution >= 4 is 5.57 Å². The molecular weight excluding hydrogens is 252 g/mol. The zero-order valence-corrected chi connectivity index (χ0v) is 14.0. The molecule has 1 atom stereocenters. The molecule has 0 N–H and O–H groups in total. The summed E-state index contributed by atoms with van der Waals surface area (Å²) in [5, 5.41) is 0. The first-order valence-electron chi connectivity index (χ1n) is 9.11. The third kappa shape index (κ3) is 5.34. The van der Waals surface area contributed by atoms with Crippen molar-refractivity contribution in [2.75, 3.05) is 0 Å². The smallest absolute Gasteiger partial charge is 0.0228 e. The molecule has 0 bridgehead atoms. The van der Waals surface area contributed by atoms with Crippen molar-refractivity contribution in [3.8, 4) is 0 Å². The minimum Gasteiger partial charge on any atom is -0.0804 e. The molecule has 0 nitrogen and oxygen atoms in total. The van der Waals surface area contributed by atoms with Gasteiger partial charge in [0.1, 0.15) is 0 Å². The van der Waals surface area contributed by atoms with Gasteiger partial charge in [0.2, 0.25) is 0 Å². The minimum atomic E-state index is 0.948. The molecule has 0 heterocycles. The van der Waals surface area contributed by atoms with Crippen LogP contribution in [0.1, 0.15) is 82.8 Å². The molecule has 0 saturated heterocycles. The molecule has 0 aromatic heterocycles. The Bertz CT molecular complexity index is 424. The van der Waals surface area contributed by atoms with Crippen LogP contribution in [-0.2, 0) is 6.42 Å². The van der Waals surface area contributed by atoms with Crippen molar-refractivity contribution in [3.05, 3.63) is 41.5 Å². The summed E-state index contributed by atoms with van der Waals surface area (Å²) >= 11 is 0. The molecule has 0 spiro atoms. The van der Waals surface area contributed by atoms with Gasteiger partial charge in [0.25, 0.3) is 0 Å². The maximum Gasteiger partial charge on any atom is -0.0228 e. The van der Waals surface area contributed by atoms with Gasteiger partial charge in [-0.3, -0.25) is 0 Å². The Morgan fingerprint density at radius 2 is 1.71 bits per heavy atom. The lowest BCUT2D eigenvalue weighted by molar-refractivity contribution is 0.428. The molecule has 116 valence electrons. The predicted molar refractivity (Wildman–Crippen MR) is 94.5 cm³/mol. The fourth-order valence-electron chi connectivity index (χ4n) is 3.36. The van der Waals surface area contributed by atoms with E-state index in [4.69, 9.17) is 0 Å². The van der Waals surface area contributed by atoms with Crippen LogP contribution in [0, 0.1) is 5.92 Å². The number of hydrogen-bond acceptors (Lipinski definition) is 0. The molecule has 1 unspecified atom stereocenters. The first-order valence-corrected chi connectivity index (χ1v) is 9.11. The SMILES string of the molecule is CCCCCC1CC=C(c2ccc(CCCC)cc2)CC1. The van der Waals surface area contributed by atoms with Gasteiger partial charge in [0.05, 0.1) is 0 Å². The largest absolute Gasteiger partial charge is 0.0804 e. The van der Waals surface area contributed by atoms with E-state index in [0.717, 1.165) is 5.92 Å². The van der Waals surface area contributed by atoms with E-state index in [2.05, 4.69) is 44.2 Å². The minimum absolute atomic E-state index is 0.948. The van der Waals surface area contributed by atoms with Crippen LogP contribution in [0.5, 0.6) is 0 Å². The van der Waals surface area contributed by atoms with Crippen LogP contribution in [0.2, 0.25) is 0 Å². The van der Waals surface area contributed by atoms with E-state index in [1.165, 1.54) is 75.3 Å². The van der Waals surface area contributed by atoms with Gasteiger partial charge in [-0.2, -0.15) is 0 Å². The molecule has 1 aliphatic rings. The average molecular weight is 284 g/mol. The second kappa shape index (κ2) is 9.07. The van der Waals surface area contributed by atoms with E-state index in [-0.39, 0.29) is 0 Å². The van der Waals surface area contributed by atoms with Crippen molar-refractivity contribution in [3.63, 3.8) is 0 Å². The molecule has 1 aromatic carbocycles. The monoisotopic (exact) mass is 284 g/mol. The van der Waals surface area contributed by atoms with E-state index < -0.39 is 0 Å². The number of allylic oxidation sites excluding steroid dienone is 2. The molecule has 1 aromatic rings. The van der Waals surface area contributed by atoms with Crippen LogP contribution in [0.25, 0.3) is 5.57 Å². The zero-order valence-electron chi connectivity index (χ0n) is 14.0. The summed E-state index contributed by atoms with van der Waals surface area (Å²) in [7, 11) is 0. The van der Waals surface area contributed by atoms with Crippen LogP contribution in [0.3, 0.4) is 0 Å². The Labute approximate surface area is 131 Å². The maximum atomic E-state index is 2.52. The summed E-state index contributed by atoms with van der Waals surface area (Å²) in [6.45, 7) is 4.56. The van der Waals surface area contributed by atoms with Gasteiger partial charge in [-0.15, -0.1) is 0 Å². The van der Waals surface area contributed by atoms with Gasteiger partial charge in [0.15, 0.2) is 0 Å². The molecule has 0 heteroatoms. The molecular formula is C21H32. The van der Waals surface area contributed by atoms with Crippen LogP contribution in [-0.4, -0.2) is 0 Å². The highest BCUT2D eigenvalue weighted by atomic mass is 14.2. The van der Waals surface area contributed by atoms with Crippen molar-refractivity contribution in [2.24, 2.45) is 5.92 Å². The van der Waals surface area contributed by atoms with E-state index in [0.29, 0.717) is 0 Å². The summed E-state index contributed by atoms with van der Waals surface area (Å²) in [6, 6.07) is 9.35. The predicted octanol–water partition coefficient (Wildman–Crippen LogP) is 6.79. The number of benzene rings is 1. The summed E-state index contributed by atoms with van der Waals surface area (Å²) in [5.74, 6) is 0.948. The first-order chi connectivity index (χ1) is 10.3. The molecule has 1 aliphatic carbocycles. The quantitative estimate of drug-likeness (QED) is 0.461. The Balaban J connectivity index is 1.85. The van der Waals surface area contributed by atoms with Gasteiger partial charge in [-0.05, 0) is 54.7 Å². The van der Waals surface area contributed by atoms with Crippen LogP contribution < -0.4 is 0 Å². The third-order valence-corrected chi connectivity index (χ3v) is 4.88. The molecule has 0 amide bonds. The van der Waals surface area contributed by atoms with Gasteiger partial charge in [0, 0.05) is 0 Å². The fraction of sp³-hybridized carbons (Fsp3) is 0.619. The Hall–Kier alpha value is -1.04. The summed E-state index contributed by atoms with van der Waals surface area (Å²) in [4.78, 5) is 0. The molecule has 0 aliphatic heterocycles. The Morgan fingerprint density at radius 3 is 2.33 bits per heavy atom. The van der Waals surface area contributed by atoms with Gasteiger partial charge < -0.3 is 0 Å². The lowest BCUT2D eigenvalue weighted by Gasteiger charge is -2.22. The van der Waals surface area contributed by atoms with E-state index >= 15 is 0 Å². The standard InChI is InChI=1S/C21H32/c1-3-5-7-9-19-12-16-21(17-13-19)20-14-10-18(11-15-20)8-6-4-2/h10-11,14-16,19H,3-9,12-13,17H2,1-2H3. The van der Waals surface area contributed by atoms with Gasteiger partial charge in [-0.25, -0.2) is 0 Å². The normalized spacial score (nSPS) is 18.6. The molecule has 0 radical (unpaired) electrons.